The van der Waals surface area contributed by atoms with E-state index in [-0.39, 0.29) is 5.91 Å². The van der Waals surface area contributed by atoms with Gasteiger partial charge in [-0.1, -0.05) is 12.1 Å². The van der Waals surface area contributed by atoms with Crippen LogP contribution in [0.4, 0.5) is 0 Å². The number of methoxy groups -OCH3 is 2. The van der Waals surface area contributed by atoms with Crippen molar-refractivity contribution in [3.63, 3.8) is 0 Å². The van der Waals surface area contributed by atoms with Crippen LogP contribution >= 0.6 is 0 Å². The number of aromatic nitrogens is 1. The minimum atomic E-state index is -0.185. The Balaban J connectivity index is 1.45. The van der Waals surface area contributed by atoms with Crippen molar-refractivity contribution in [2.45, 2.75) is 20.4 Å². The molecule has 0 saturated heterocycles. The van der Waals surface area contributed by atoms with Crippen LogP contribution in [-0.2, 0) is 6.54 Å². The van der Waals surface area contributed by atoms with Crippen molar-refractivity contribution in [1.82, 2.24) is 10.3 Å². The molecule has 1 amide bonds. The third kappa shape index (κ3) is 4.23. The number of nitrogens with one attached hydrogen (secondary N) is 1. The number of hydrogen-bond donors (Lipinski definition) is 1. The van der Waals surface area contributed by atoms with Crippen molar-refractivity contribution in [3.8, 4) is 23.0 Å². The van der Waals surface area contributed by atoms with Crippen LogP contribution in [0.2, 0.25) is 0 Å². The summed E-state index contributed by atoms with van der Waals surface area (Å²) in [6, 6.07) is 16.9. The van der Waals surface area contributed by atoms with E-state index in [0.717, 1.165) is 22.2 Å². The van der Waals surface area contributed by atoms with Gasteiger partial charge in [-0.25, -0.2) is 4.98 Å². The Morgan fingerprint density at radius 1 is 0.935 bits per heavy atom. The number of amides is 1. The highest BCUT2D eigenvalue weighted by Crippen LogP contribution is 2.28. The monoisotopic (exact) mass is 416 g/mol. The molecule has 31 heavy (non-hydrogen) atoms. The maximum atomic E-state index is 12.5. The molecule has 0 aliphatic heterocycles. The molecule has 6 nitrogen and oxygen atoms in total. The lowest BCUT2D eigenvalue weighted by molar-refractivity contribution is 0.0950. The quantitative estimate of drug-likeness (QED) is 0.476. The fraction of sp³-hybridized carbons (Fsp3) is 0.200. The van der Waals surface area contributed by atoms with Gasteiger partial charge in [-0.3, -0.25) is 4.79 Å². The molecule has 0 radical (unpaired) electrons. The van der Waals surface area contributed by atoms with Gasteiger partial charge in [0.15, 0.2) is 17.1 Å². The van der Waals surface area contributed by atoms with Gasteiger partial charge in [0, 0.05) is 17.7 Å². The summed E-state index contributed by atoms with van der Waals surface area (Å²) in [4.78, 5) is 17.1. The first-order valence-electron chi connectivity index (χ1n) is 9.96. The first kappa shape index (κ1) is 20.5. The van der Waals surface area contributed by atoms with Crippen molar-refractivity contribution in [3.05, 3.63) is 76.9 Å². The maximum absolute atomic E-state index is 12.5. The van der Waals surface area contributed by atoms with Crippen molar-refractivity contribution in [1.29, 1.82) is 0 Å². The summed E-state index contributed by atoms with van der Waals surface area (Å²) in [6.07, 6.45) is 0. The number of oxazole rings is 1. The van der Waals surface area contributed by atoms with Gasteiger partial charge in [0.2, 0.25) is 5.89 Å². The molecule has 0 spiro atoms. The Morgan fingerprint density at radius 3 is 2.35 bits per heavy atom. The van der Waals surface area contributed by atoms with E-state index in [4.69, 9.17) is 13.9 Å². The number of nitrogens with zero attached hydrogens (tertiary/aromatic N) is 1. The second-order valence-electron chi connectivity index (χ2n) is 7.37. The zero-order valence-electron chi connectivity index (χ0n) is 18.0. The van der Waals surface area contributed by atoms with Crippen LogP contribution in [0.3, 0.4) is 0 Å². The van der Waals surface area contributed by atoms with E-state index in [0.29, 0.717) is 29.5 Å². The fourth-order valence-corrected chi connectivity index (χ4v) is 3.33. The highest BCUT2D eigenvalue weighted by Gasteiger charge is 2.12. The SMILES string of the molecule is COc1ccc(C(=O)NCc2ccc(-c3nc4cc(C)c(C)cc4o3)cc2)cc1OC. The molecule has 6 heteroatoms. The fourth-order valence-electron chi connectivity index (χ4n) is 3.33. The van der Waals surface area contributed by atoms with E-state index in [1.54, 1.807) is 32.4 Å². The Bertz CT molecular complexity index is 1200. The molecule has 0 unspecified atom stereocenters. The summed E-state index contributed by atoms with van der Waals surface area (Å²) in [6.45, 7) is 4.52. The average Bonchev–Trinajstić information content (AvgIpc) is 3.20. The van der Waals surface area contributed by atoms with Gasteiger partial charge in [0.05, 0.1) is 14.2 Å². The molecule has 1 heterocycles. The van der Waals surface area contributed by atoms with E-state index >= 15 is 0 Å². The summed E-state index contributed by atoms with van der Waals surface area (Å²) in [5.74, 6) is 1.50. The first-order chi connectivity index (χ1) is 15.0. The number of ether oxygens (including phenoxy) is 2. The third-order valence-corrected chi connectivity index (χ3v) is 5.30. The topological polar surface area (TPSA) is 73.6 Å². The largest absolute Gasteiger partial charge is 0.493 e. The molecule has 0 atom stereocenters. The standard InChI is InChI=1S/C25H24N2O4/c1-15-11-20-22(12-16(15)2)31-25(27-20)18-7-5-17(6-8-18)14-26-24(28)19-9-10-21(29-3)23(13-19)30-4/h5-13H,14H2,1-4H3,(H,26,28). The van der Waals surface area contributed by atoms with Gasteiger partial charge < -0.3 is 19.2 Å². The Kier molecular flexibility index (Phi) is 5.62. The van der Waals surface area contributed by atoms with Crippen LogP contribution in [0.5, 0.6) is 11.5 Å². The number of hydrogen-bond acceptors (Lipinski definition) is 5. The predicted molar refractivity (Wildman–Crippen MR) is 120 cm³/mol. The number of carbonyl (C=O) groups is 1. The summed E-state index contributed by atoms with van der Waals surface area (Å²) in [5, 5.41) is 2.92. The minimum Gasteiger partial charge on any atom is -0.493 e. The van der Waals surface area contributed by atoms with Crippen molar-refractivity contribution in [2.75, 3.05) is 14.2 Å². The van der Waals surface area contributed by atoms with Crippen molar-refractivity contribution in [2.24, 2.45) is 0 Å². The molecule has 4 aromatic rings. The molecule has 158 valence electrons. The van der Waals surface area contributed by atoms with Gasteiger partial charge in [0.25, 0.3) is 5.91 Å². The van der Waals surface area contributed by atoms with Crippen LogP contribution in [0, 0.1) is 13.8 Å². The summed E-state index contributed by atoms with van der Waals surface area (Å²) in [7, 11) is 3.10. The normalized spacial score (nSPS) is 10.8. The molecule has 1 N–H and O–H groups in total. The third-order valence-electron chi connectivity index (χ3n) is 5.30. The molecule has 0 fully saturated rings. The van der Waals surface area contributed by atoms with Gasteiger partial charge >= 0.3 is 0 Å². The summed E-state index contributed by atoms with van der Waals surface area (Å²) in [5.41, 5.74) is 6.37. The minimum absolute atomic E-state index is 0.185. The van der Waals surface area contributed by atoms with Gasteiger partial charge in [0.1, 0.15) is 5.52 Å². The summed E-state index contributed by atoms with van der Waals surface area (Å²) < 4.78 is 16.4. The van der Waals surface area contributed by atoms with Gasteiger partial charge in [-0.05, 0) is 73.0 Å². The van der Waals surface area contributed by atoms with Crippen LogP contribution < -0.4 is 14.8 Å². The lowest BCUT2D eigenvalue weighted by Crippen LogP contribution is -2.22. The molecule has 0 aliphatic carbocycles. The van der Waals surface area contributed by atoms with E-state index in [2.05, 4.69) is 24.1 Å². The van der Waals surface area contributed by atoms with Crippen molar-refractivity contribution >= 4 is 17.0 Å². The highest BCUT2D eigenvalue weighted by atomic mass is 16.5. The number of aryl methyl sites for hydroxylation is 2. The van der Waals surface area contributed by atoms with E-state index in [9.17, 15) is 4.79 Å². The van der Waals surface area contributed by atoms with Crippen molar-refractivity contribution < 1.29 is 18.7 Å². The molecule has 4 rings (SSSR count). The lowest BCUT2D eigenvalue weighted by Gasteiger charge is -2.10. The second kappa shape index (κ2) is 8.52. The highest BCUT2D eigenvalue weighted by molar-refractivity contribution is 5.94. The second-order valence-corrected chi connectivity index (χ2v) is 7.37. The number of benzene rings is 3. The molecule has 0 aliphatic rings. The van der Waals surface area contributed by atoms with Crippen LogP contribution in [0.1, 0.15) is 27.0 Å². The molecule has 0 bridgehead atoms. The molecule has 0 saturated carbocycles. The van der Waals surface area contributed by atoms with Crippen LogP contribution in [0.25, 0.3) is 22.6 Å². The average molecular weight is 416 g/mol. The van der Waals surface area contributed by atoms with Crippen LogP contribution in [-0.4, -0.2) is 25.1 Å². The zero-order valence-corrected chi connectivity index (χ0v) is 18.0. The molecule has 3 aromatic carbocycles. The maximum Gasteiger partial charge on any atom is 0.251 e. The van der Waals surface area contributed by atoms with Gasteiger partial charge in [-0.15, -0.1) is 0 Å². The van der Waals surface area contributed by atoms with E-state index < -0.39 is 0 Å². The van der Waals surface area contributed by atoms with E-state index in [1.807, 2.05) is 36.4 Å². The summed E-state index contributed by atoms with van der Waals surface area (Å²) >= 11 is 0. The zero-order chi connectivity index (χ0) is 22.0. The number of rotatable bonds is 6. The predicted octanol–water partition coefficient (Wildman–Crippen LogP) is 5.06. The Morgan fingerprint density at radius 2 is 1.65 bits per heavy atom. The Labute approximate surface area is 180 Å². The Hall–Kier alpha value is -3.80. The molecular formula is C25H24N2O4. The smallest absolute Gasteiger partial charge is 0.251 e. The molecular weight excluding hydrogens is 392 g/mol. The number of carbonyl (C=O) groups excluding carboxylic acids is 1. The van der Waals surface area contributed by atoms with Crippen LogP contribution in [0.15, 0.2) is 59.0 Å². The van der Waals surface area contributed by atoms with E-state index in [1.165, 1.54) is 11.1 Å². The molecule has 1 aromatic heterocycles. The number of fused-ring (bicyclic) bond motifs is 1. The lowest BCUT2D eigenvalue weighted by atomic mass is 10.1. The first-order valence-corrected chi connectivity index (χ1v) is 9.96. The van der Waals surface area contributed by atoms with Gasteiger partial charge in [-0.2, -0.15) is 0 Å².